The first-order valence-electron chi connectivity index (χ1n) is 9.58. The molecule has 1 N–H and O–H groups in total. The quantitative estimate of drug-likeness (QED) is 0.888. The Morgan fingerprint density at radius 1 is 1.20 bits per heavy atom. The van der Waals surface area contributed by atoms with Gasteiger partial charge in [0, 0.05) is 5.56 Å². The molecule has 25 heavy (non-hydrogen) atoms. The van der Waals surface area contributed by atoms with E-state index < -0.39 is 0 Å². The average molecular weight is 340 g/mol. The molecule has 0 saturated heterocycles. The maximum Gasteiger partial charge on any atom is 0.0957 e. The molecule has 2 aliphatic rings. The van der Waals surface area contributed by atoms with Gasteiger partial charge < -0.3 is 14.4 Å². The lowest BCUT2D eigenvalue weighted by molar-refractivity contribution is -0.0246. The van der Waals surface area contributed by atoms with Crippen molar-refractivity contribution in [2.24, 2.45) is 5.92 Å². The Kier molecular flexibility index (Phi) is 4.65. The minimum Gasteiger partial charge on any atom is -0.391 e. The number of aliphatic hydroxyl groups is 1. The summed E-state index contributed by atoms with van der Waals surface area (Å²) in [4.78, 5) is 4.29. The van der Waals surface area contributed by atoms with Gasteiger partial charge in [0.05, 0.1) is 42.6 Å². The summed E-state index contributed by atoms with van der Waals surface area (Å²) < 4.78 is 8.09. The van der Waals surface area contributed by atoms with E-state index in [9.17, 15) is 5.11 Å². The summed E-state index contributed by atoms with van der Waals surface area (Å²) in [7, 11) is 0. The van der Waals surface area contributed by atoms with E-state index >= 15 is 0 Å². The number of benzene rings is 1. The van der Waals surface area contributed by atoms with Crippen LogP contribution in [0.2, 0.25) is 0 Å². The van der Waals surface area contributed by atoms with Crippen molar-refractivity contribution >= 4 is 0 Å². The number of imidazole rings is 1. The zero-order chi connectivity index (χ0) is 17.4. The summed E-state index contributed by atoms with van der Waals surface area (Å²) in [5, 5.41) is 11.0. The normalized spacial score (nSPS) is 26.5. The van der Waals surface area contributed by atoms with Gasteiger partial charge in [-0.3, -0.25) is 0 Å². The predicted octanol–water partition coefficient (Wildman–Crippen LogP) is 4.19. The van der Waals surface area contributed by atoms with Crippen LogP contribution in [-0.4, -0.2) is 33.0 Å². The number of hydrogen-bond acceptors (Lipinski definition) is 3. The van der Waals surface area contributed by atoms with Gasteiger partial charge in [-0.1, -0.05) is 24.3 Å². The molecule has 4 rings (SSSR count). The van der Waals surface area contributed by atoms with Gasteiger partial charge >= 0.3 is 0 Å². The SMILES string of the molecule is CC(C)OC1CCC(CC(O)C2c3ccccc3-c3cncn32)CC1. The van der Waals surface area contributed by atoms with E-state index in [1.807, 2.05) is 12.5 Å². The van der Waals surface area contributed by atoms with Crippen molar-refractivity contribution < 1.29 is 9.84 Å². The summed E-state index contributed by atoms with van der Waals surface area (Å²) in [5.74, 6) is 0.585. The van der Waals surface area contributed by atoms with E-state index in [2.05, 4.69) is 47.7 Å². The molecule has 2 aromatic rings. The molecular formula is C21H28N2O2. The maximum atomic E-state index is 11.0. The summed E-state index contributed by atoms with van der Waals surface area (Å²) >= 11 is 0. The van der Waals surface area contributed by atoms with Crippen molar-refractivity contribution in [3.05, 3.63) is 42.4 Å². The van der Waals surface area contributed by atoms with E-state index in [1.165, 1.54) is 11.1 Å². The largest absolute Gasteiger partial charge is 0.391 e. The van der Waals surface area contributed by atoms with Crippen LogP contribution in [0.15, 0.2) is 36.8 Å². The molecule has 1 saturated carbocycles. The third kappa shape index (κ3) is 3.25. The molecule has 0 amide bonds. The summed E-state index contributed by atoms with van der Waals surface area (Å²) in [6, 6.07) is 8.39. The third-order valence-corrected chi connectivity index (χ3v) is 5.72. The molecule has 1 fully saturated rings. The number of rotatable bonds is 5. The lowest BCUT2D eigenvalue weighted by Crippen LogP contribution is -2.29. The second kappa shape index (κ2) is 6.93. The van der Waals surface area contributed by atoms with Crippen LogP contribution in [0.1, 0.15) is 57.6 Å². The van der Waals surface area contributed by atoms with Crippen molar-refractivity contribution in [2.75, 3.05) is 0 Å². The Labute approximate surface area is 149 Å². The Hall–Kier alpha value is -1.65. The van der Waals surface area contributed by atoms with E-state index in [0.29, 0.717) is 18.1 Å². The first-order valence-corrected chi connectivity index (χ1v) is 9.58. The van der Waals surface area contributed by atoms with Gasteiger partial charge in [-0.25, -0.2) is 4.98 Å². The highest BCUT2D eigenvalue weighted by Crippen LogP contribution is 2.42. The average Bonchev–Trinajstić information content (AvgIpc) is 3.16. The van der Waals surface area contributed by atoms with Crippen molar-refractivity contribution in [1.29, 1.82) is 0 Å². The van der Waals surface area contributed by atoms with E-state index in [-0.39, 0.29) is 12.1 Å². The van der Waals surface area contributed by atoms with Crippen LogP contribution in [0.25, 0.3) is 11.3 Å². The Morgan fingerprint density at radius 2 is 1.96 bits per heavy atom. The molecule has 1 aliphatic carbocycles. The van der Waals surface area contributed by atoms with Gasteiger partial charge in [0.15, 0.2) is 0 Å². The first kappa shape index (κ1) is 16.8. The molecular weight excluding hydrogens is 312 g/mol. The Morgan fingerprint density at radius 3 is 2.72 bits per heavy atom. The number of fused-ring (bicyclic) bond motifs is 3. The summed E-state index contributed by atoms with van der Waals surface area (Å²) in [6.07, 6.45) is 9.49. The van der Waals surface area contributed by atoms with Crippen molar-refractivity contribution in [1.82, 2.24) is 9.55 Å². The first-order chi connectivity index (χ1) is 12.1. The molecule has 0 radical (unpaired) electrons. The maximum absolute atomic E-state index is 11.0. The van der Waals surface area contributed by atoms with Gasteiger partial charge in [0.25, 0.3) is 0 Å². The van der Waals surface area contributed by atoms with Gasteiger partial charge in [0.1, 0.15) is 0 Å². The van der Waals surface area contributed by atoms with Crippen molar-refractivity contribution in [3.63, 3.8) is 0 Å². The standard InChI is InChI=1S/C21H28N2O2/c1-14(2)25-16-9-7-15(8-10-16)11-20(24)21-18-6-4-3-5-17(18)19-12-22-13-23(19)21/h3-6,12-16,20-21,24H,7-11H2,1-2H3. The zero-order valence-corrected chi connectivity index (χ0v) is 15.1. The molecule has 1 aliphatic heterocycles. The van der Waals surface area contributed by atoms with Crippen LogP contribution in [0.5, 0.6) is 0 Å². The van der Waals surface area contributed by atoms with Crippen LogP contribution < -0.4 is 0 Å². The fourth-order valence-electron chi connectivity index (χ4n) is 4.62. The van der Waals surface area contributed by atoms with Crippen LogP contribution >= 0.6 is 0 Å². The van der Waals surface area contributed by atoms with Gasteiger partial charge in [0.2, 0.25) is 0 Å². The molecule has 0 bridgehead atoms. The van der Waals surface area contributed by atoms with E-state index in [0.717, 1.165) is 37.8 Å². The molecule has 1 aromatic heterocycles. The fourth-order valence-corrected chi connectivity index (χ4v) is 4.62. The third-order valence-electron chi connectivity index (χ3n) is 5.72. The minimum absolute atomic E-state index is 0.00154. The van der Waals surface area contributed by atoms with Gasteiger partial charge in [-0.05, 0) is 57.4 Å². The van der Waals surface area contributed by atoms with Gasteiger partial charge in [-0.2, -0.15) is 0 Å². The predicted molar refractivity (Wildman–Crippen MR) is 98.4 cm³/mol. The molecule has 2 atom stereocenters. The van der Waals surface area contributed by atoms with E-state index in [4.69, 9.17) is 4.74 Å². The minimum atomic E-state index is -0.371. The number of hydrogen-bond donors (Lipinski definition) is 1. The van der Waals surface area contributed by atoms with E-state index in [1.54, 1.807) is 0 Å². The highest BCUT2D eigenvalue weighted by molar-refractivity contribution is 5.69. The topological polar surface area (TPSA) is 47.3 Å². The van der Waals surface area contributed by atoms with Crippen LogP contribution in [0.4, 0.5) is 0 Å². The summed E-state index contributed by atoms with van der Waals surface area (Å²) in [5.41, 5.74) is 3.55. The van der Waals surface area contributed by atoms with Crippen LogP contribution in [-0.2, 0) is 4.74 Å². The lowest BCUT2D eigenvalue weighted by Gasteiger charge is -2.32. The molecule has 0 spiro atoms. The highest BCUT2D eigenvalue weighted by Gasteiger charge is 2.35. The molecule has 4 nitrogen and oxygen atoms in total. The fraction of sp³-hybridized carbons (Fsp3) is 0.571. The van der Waals surface area contributed by atoms with Gasteiger partial charge in [-0.15, -0.1) is 0 Å². The Bertz CT molecular complexity index is 716. The number of aliphatic hydroxyl groups excluding tert-OH is 1. The molecule has 134 valence electrons. The number of aromatic nitrogens is 2. The summed E-state index contributed by atoms with van der Waals surface area (Å²) in [6.45, 7) is 4.21. The molecule has 2 unspecified atom stereocenters. The van der Waals surface area contributed by atoms with Crippen LogP contribution in [0.3, 0.4) is 0 Å². The van der Waals surface area contributed by atoms with Crippen molar-refractivity contribution in [3.8, 4) is 11.3 Å². The number of ether oxygens (including phenoxy) is 1. The molecule has 4 heteroatoms. The monoisotopic (exact) mass is 340 g/mol. The highest BCUT2D eigenvalue weighted by atomic mass is 16.5. The van der Waals surface area contributed by atoms with Crippen molar-refractivity contribution in [2.45, 2.75) is 70.3 Å². The molecule has 2 heterocycles. The zero-order valence-electron chi connectivity index (χ0n) is 15.1. The lowest BCUT2D eigenvalue weighted by atomic mass is 9.82. The molecule has 1 aromatic carbocycles. The number of nitrogens with zero attached hydrogens (tertiary/aromatic N) is 2. The van der Waals surface area contributed by atoms with Crippen LogP contribution in [0, 0.1) is 5.92 Å². The second-order valence-electron chi connectivity index (χ2n) is 7.85. The second-order valence-corrected chi connectivity index (χ2v) is 7.85. The smallest absolute Gasteiger partial charge is 0.0957 e. The Balaban J connectivity index is 1.43.